The smallest absolute Gasteiger partial charge is 0.0402 e. The van der Waals surface area contributed by atoms with Gasteiger partial charge in [-0.3, -0.25) is 0 Å². The Morgan fingerprint density at radius 2 is 0.742 bits per heavy atom. The highest BCUT2D eigenvalue weighted by atomic mass is 33.1. The lowest BCUT2D eigenvalue weighted by Gasteiger charge is -2.00. The molecule has 0 heterocycles. The van der Waals surface area contributed by atoms with Gasteiger partial charge in [-0.2, -0.15) is 0 Å². The van der Waals surface area contributed by atoms with Gasteiger partial charge in [0, 0.05) is 18.0 Å². The van der Waals surface area contributed by atoms with Crippen LogP contribution >= 0.6 is 23.3 Å². The lowest BCUT2D eigenvalue weighted by Crippen LogP contribution is -1.83. The molecule has 4 aromatic carbocycles. The molecule has 0 atom stereocenters. The van der Waals surface area contributed by atoms with Gasteiger partial charge in [0.15, 0.2) is 0 Å². The third-order valence-electron chi connectivity index (χ3n) is 4.04. The van der Waals surface area contributed by atoms with Crippen molar-refractivity contribution in [3.63, 3.8) is 0 Å². The lowest BCUT2D eigenvalue weighted by atomic mass is 10.1. The fraction of sp³-hybridized carbons (Fsp3) is 0.0769. The average molecular weight is 451 g/mol. The summed E-state index contributed by atoms with van der Waals surface area (Å²) in [6.45, 7) is 1.93. The predicted octanol–water partition coefficient (Wildman–Crippen LogP) is 6.63. The van der Waals surface area contributed by atoms with Crippen LogP contribution < -0.4 is 11.5 Å². The molecule has 4 aromatic rings. The quantitative estimate of drug-likeness (QED) is 0.135. The number of aliphatic hydroxyl groups is 1. The van der Waals surface area contributed by atoms with Gasteiger partial charge in [-0.15, -0.1) is 23.3 Å². The molecule has 162 valence electrons. The fourth-order valence-corrected chi connectivity index (χ4v) is 2.61. The van der Waals surface area contributed by atoms with Crippen LogP contribution in [0, 0.1) is 0 Å². The molecule has 0 saturated heterocycles. The van der Waals surface area contributed by atoms with E-state index in [-0.39, 0.29) is 6.61 Å². The molecular weight excluding hydrogens is 420 g/mol. The molecule has 0 spiro atoms. The number of hydrogen-bond donors (Lipinski definition) is 5. The van der Waals surface area contributed by atoms with E-state index in [1.54, 1.807) is 6.92 Å². The van der Waals surface area contributed by atoms with Crippen LogP contribution in [0.25, 0.3) is 22.3 Å². The minimum atomic E-state index is 0.250. The Morgan fingerprint density at radius 1 is 0.516 bits per heavy atom. The van der Waals surface area contributed by atoms with Crippen molar-refractivity contribution in [1.82, 2.24) is 0 Å². The van der Waals surface area contributed by atoms with E-state index in [0.717, 1.165) is 11.4 Å². The zero-order valence-corrected chi connectivity index (χ0v) is 19.4. The zero-order chi connectivity index (χ0) is 22.9. The van der Waals surface area contributed by atoms with Crippen molar-refractivity contribution in [2.75, 3.05) is 18.1 Å². The second kappa shape index (κ2) is 15.9. The van der Waals surface area contributed by atoms with E-state index in [0.29, 0.717) is 0 Å². The first kappa shape index (κ1) is 26.2. The Labute approximate surface area is 196 Å². The van der Waals surface area contributed by atoms with Gasteiger partial charge in [-0.25, -0.2) is 0 Å². The Kier molecular flexibility index (Phi) is 13.4. The molecule has 0 aliphatic rings. The maximum Gasteiger partial charge on any atom is 0.0402 e. The van der Waals surface area contributed by atoms with Gasteiger partial charge in [0.2, 0.25) is 0 Å². The number of anilines is 2. The third-order valence-corrected chi connectivity index (χ3v) is 4.04. The Hall–Kier alpha value is -2.86. The van der Waals surface area contributed by atoms with Gasteiger partial charge in [0.05, 0.1) is 0 Å². The summed E-state index contributed by atoms with van der Waals surface area (Å²) in [6.07, 6.45) is 0. The first-order valence-electron chi connectivity index (χ1n) is 9.76. The molecule has 0 amide bonds. The number of aliphatic hydroxyl groups excluding tert-OH is 1. The Balaban J connectivity index is 0.000000258. The van der Waals surface area contributed by atoms with Crippen molar-refractivity contribution in [2.24, 2.45) is 0 Å². The van der Waals surface area contributed by atoms with Gasteiger partial charge in [0.25, 0.3) is 0 Å². The first-order chi connectivity index (χ1) is 15.1. The summed E-state index contributed by atoms with van der Waals surface area (Å²) in [4.78, 5) is 0. The molecule has 5 N–H and O–H groups in total. The molecule has 0 saturated carbocycles. The number of nitrogens with two attached hydrogens (primary N) is 2. The number of hydrogen-bond acceptors (Lipinski definition) is 5. The summed E-state index contributed by atoms with van der Waals surface area (Å²) in [5, 5.41) is 7.57. The van der Waals surface area contributed by atoms with Crippen LogP contribution in [-0.4, -0.2) is 11.7 Å². The maximum absolute atomic E-state index is 7.57. The largest absolute Gasteiger partial charge is 0.399 e. The lowest BCUT2D eigenvalue weighted by molar-refractivity contribution is 0.318. The van der Waals surface area contributed by atoms with Crippen molar-refractivity contribution in [2.45, 2.75) is 6.92 Å². The minimum absolute atomic E-state index is 0.250. The van der Waals surface area contributed by atoms with E-state index in [9.17, 15) is 0 Å². The minimum Gasteiger partial charge on any atom is -0.399 e. The first-order valence-corrected chi connectivity index (χ1v) is 11.4. The molecule has 5 heteroatoms. The van der Waals surface area contributed by atoms with Crippen LogP contribution in [0.5, 0.6) is 0 Å². The summed E-state index contributed by atoms with van der Waals surface area (Å²) in [6, 6.07) is 36.3. The fourth-order valence-electron chi connectivity index (χ4n) is 2.61. The van der Waals surface area contributed by atoms with E-state index in [4.69, 9.17) is 16.6 Å². The summed E-state index contributed by atoms with van der Waals surface area (Å²) in [5.74, 6) is 0. The molecule has 0 unspecified atom stereocenters. The van der Waals surface area contributed by atoms with Gasteiger partial charge in [-0.1, -0.05) is 84.9 Å². The van der Waals surface area contributed by atoms with Crippen molar-refractivity contribution >= 4 is 34.7 Å². The SMILES string of the molecule is CCO.Nc1ccc(-c2ccccc2)cc1.Nc1ccc(-c2ccccc2)cc1.SS. The van der Waals surface area contributed by atoms with Crippen molar-refractivity contribution in [3.8, 4) is 22.3 Å². The Bertz CT molecular complexity index is 865. The van der Waals surface area contributed by atoms with Crippen molar-refractivity contribution in [1.29, 1.82) is 0 Å². The monoisotopic (exact) mass is 450 g/mol. The molecular formula is C26H30N2OS2. The van der Waals surface area contributed by atoms with Gasteiger partial charge < -0.3 is 16.6 Å². The summed E-state index contributed by atoms with van der Waals surface area (Å²) in [5.41, 5.74) is 17.7. The summed E-state index contributed by atoms with van der Waals surface area (Å²) >= 11 is 6.44. The van der Waals surface area contributed by atoms with E-state index >= 15 is 0 Å². The zero-order valence-electron chi connectivity index (χ0n) is 17.6. The van der Waals surface area contributed by atoms with E-state index in [1.807, 2.05) is 84.9 Å². The van der Waals surface area contributed by atoms with Crippen LogP contribution in [0.15, 0.2) is 109 Å². The van der Waals surface area contributed by atoms with Crippen LogP contribution in [0.3, 0.4) is 0 Å². The topological polar surface area (TPSA) is 72.3 Å². The van der Waals surface area contributed by atoms with Gasteiger partial charge in [-0.05, 0) is 53.4 Å². The molecule has 0 fully saturated rings. The average Bonchev–Trinajstić information content (AvgIpc) is 2.83. The Morgan fingerprint density at radius 3 is 1.00 bits per heavy atom. The number of nitrogen functional groups attached to an aromatic ring is 2. The summed E-state index contributed by atoms with van der Waals surface area (Å²) < 4.78 is 0. The second-order valence-electron chi connectivity index (χ2n) is 6.29. The van der Waals surface area contributed by atoms with Crippen LogP contribution in [0.4, 0.5) is 11.4 Å². The van der Waals surface area contributed by atoms with Gasteiger partial charge >= 0.3 is 0 Å². The van der Waals surface area contributed by atoms with Gasteiger partial charge in [0.1, 0.15) is 0 Å². The molecule has 4 rings (SSSR count). The molecule has 0 aromatic heterocycles. The van der Waals surface area contributed by atoms with E-state index in [2.05, 4.69) is 47.6 Å². The molecule has 31 heavy (non-hydrogen) atoms. The summed E-state index contributed by atoms with van der Waals surface area (Å²) in [7, 11) is 0. The highest BCUT2D eigenvalue weighted by Crippen LogP contribution is 2.20. The third kappa shape index (κ3) is 10.1. The standard InChI is InChI=1S/2C12H11N.C2H6O.H2S2/c2*13-12-8-6-11(7-9-12)10-4-2-1-3-5-10;1-2-3;1-2/h2*1-9H,13H2;3H,2H2,1H3;1-2H. The maximum atomic E-state index is 7.57. The number of thiol groups is 2. The molecule has 0 radical (unpaired) electrons. The van der Waals surface area contributed by atoms with E-state index in [1.165, 1.54) is 22.3 Å². The highest BCUT2D eigenvalue weighted by Gasteiger charge is 1.95. The second-order valence-corrected chi connectivity index (χ2v) is 6.29. The highest BCUT2D eigenvalue weighted by molar-refractivity contribution is 8.59. The van der Waals surface area contributed by atoms with Crippen LogP contribution in [0.1, 0.15) is 6.92 Å². The van der Waals surface area contributed by atoms with Crippen molar-refractivity contribution < 1.29 is 5.11 Å². The number of rotatable bonds is 2. The molecule has 0 bridgehead atoms. The molecule has 0 aliphatic heterocycles. The van der Waals surface area contributed by atoms with Crippen LogP contribution in [0.2, 0.25) is 0 Å². The normalized spacial score (nSPS) is 9.03. The molecule has 3 nitrogen and oxygen atoms in total. The van der Waals surface area contributed by atoms with E-state index < -0.39 is 0 Å². The van der Waals surface area contributed by atoms with Crippen molar-refractivity contribution in [3.05, 3.63) is 109 Å². The number of benzene rings is 4. The van der Waals surface area contributed by atoms with Crippen LogP contribution in [-0.2, 0) is 0 Å². The molecule has 0 aliphatic carbocycles. The predicted molar refractivity (Wildman–Crippen MR) is 143 cm³/mol.